The maximum atomic E-state index is 13.5. The van der Waals surface area contributed by atoms with Crippen molar-refractivity contribution in [1.82, 2.24) is 29.5 Å². The lowest BCUT2D eigenvalue weighted by Crippen LogP contribution is -2.28. The lowest BCUT2D eigenvalue weighted by molar-refractivity contribution is 0.0999. The number of para-hydroxylation sites is 1. The zero-order valence-corrected chi connectivity index (χ0v) is 21.2. The van der Waals surface area contributed by atoms with Crippen LogP contribution in [0.15, 0.2) is 48.8 Å². The van der Waals surface area contributed by atoms with E-state index >= 15 is 0 Å². The molecule has 0 fully saturated rings. The van der Waals surface area contributed by atoms with Gasteiger partial charge in [-0.05, 0) is 37.3 Å². The van der Waals surface area contributed by atoms with Gasteiger partial charge in [0.1, 0.15) is 45.8 Å². The van der Waals surface area contributed by atoms with E-state index in [0.717, 1.165) is 6.20 Å². The molecular formula is C23H26FN7O4S. The summed E-state index contributed by atoms with van der Waals surface area (Å²) in [5, 5.41) is 12.4. The SMILES string of the molecule is COc1cccc(OC)c1-n1c(NS(=O)C(C)C(OC)c2ccc(F)cn2)nnc1-c1ccn(C)n1. The van der Waals surface area contributed by atoms with Crippen LogP contribution < -0.4 is 14.2 Å². The third-order valence-corrected chi connectivity index (χ3v) is 6.79. The average molecular weight is 516 g/mol. The Morgan fingerprint density at radius 3 is 2.33 bits per heavy atom. The molecule has 11 nitrogen and oxygen atoms in total. The van der Waals surface area contributed by atoms with Gasteiger partial charge in [-0.15, -0.1) is 10.2 Å². The summed E-state index contributed by atoms with van der Waals surface area (Å²) >= 11 is 0. The second-order valence-corrected chi connectivity index (χ2v) is 9.27. The number of aromatic nitrogens is 6. The van der Waals surface area contributed by atoms with Gasteiger partial charge in [0.2, 0.25) is 5.95 Å². The van der Waals surface area contributed by atoms with Crippen molar-refractivity contribution in [2.45, 2.75) is 18.3 Å². The summed E-state index contributed by atoms with van der Waals surface area (Å²) in [6.45, 7) is 1.73. The van der Waals surface area contributed by atoms with E-state index in [-0.39, 0.29) is 5.95 Å². The van der Waals surface area contributed by atoms with Gasteiger partial charge in [-0.3, -0.25) is 19.0 Å². The van der Waals surface area contributed by atoms with E-state index in [1.165, 1.54) is 33.5 Å². The highest BCUT2D eigenvalue weighted by atomic mass is 32.2. The van der Waals surface area contributed by atoms with Crippen LogP contribution in [0.3, 0.4) is 0 Å². The molecule has 0 saturated carbocycles. The van der Waals surface area contributed by atoms with Gasteiger partial charge >= 0.3 is 0 Å². The topological polar surface area (TPSA) is 118 Å². The smallest absolute Gasteiger partial charge is 0.241 e. The highest BCUT2D eigenvalue weighted by Crippen LogP contribution is 2.37. The molecule has 3 heterocycles. The van der Waals surface area contributed by atoms with Crippen molar-refractivity contribution >= 4 is 16.9 Å². The van der Waals surface area contributed by atoms with E-state index in [2.05, 4.69) is 25.0 Å². The zero-order chi connectivity index (χ0) is 25.8. The number of hydrogen-bond acceptors (Lipinski definition) is 8. The molecule has 3 aromatic heterocycles. The molecule has 0 aliphatic heterocycles. The Morgan fingerprint density at radius 2 is 1.78 bits per heavy atom. The molecule has 0 spiro atoms. The van der Waals surface area contributed by atoms with Crippen molar-refractivity contribution in [2.75, 3.05) is 26.1 Å². The molecule has 190 valence electrons. The van der Waals surface area contributed by atoms with Gasteiger partial charge in [0.15, 0.2) is 5.82 Å². The predicted molar refractivity (Wildman–Crippen MR) is 132 cm³/mol. The summed E-state index contributed by atoms with van der Waals surface area (Å²) in [5.74, 6) is 1.05. The van der Waals surface area contributed by atoms with Gasteiger partial charge in [0, 0.05) is 20.4 Å². The molecule has 1 N–H and O–H groups in total. The lowest BCUT2D eigenvalue weighted by atomic mass is 10.2. The van der Waals surface area contributed by atoms with E-state index in [1.54, 1.807) is 53.7 Å². The highest BCUT2D eigenvalue weighted by Gasteiger charge is 2.29. The molecule has 36 heavy (non-hydrogen) atoms. The summed E-state index contributed by atoms with van der Waals surface area (Å²) < 4.78 is 49.8. The average Bonchev–Trinajstić information content (AvgIpc) is 3.50. The lowest BCUT2D eigenvalue weighted by Gasteiger charge is -2.22. The summed E-state index contributed by atoms with van der Waals surface area (Å²) in [5.41, 5.74) is 1.49. The maximum Gasteiger partial charge on any atom is 0.241 e. The third kappa shape index (κ3) is 4.93. The van der Waals surface area contributed by atoms with Crippen molar-refractivity contribution in [3.63, 3.8) is 0 Å². The predicted octanol–water partition coefficient (Wildman–Crippen LogP) is 3.07. The van der Waals surface area contributed by atoms with Gasteiger partial charge in [-0.25, -0.2) is 8.60 Å². The van der Waals surface area contributed by atoms with E-state index in [1.807, 2.05) is 0 Å². The summed E-state index contributed by atoms with van der Waals surface area (Å²) in [6.07, 6.45) is 2.19. The molecule has 1 aromatic carbocycles. The Labute approximate surface area is 209 Å². The van der Waals surface area contributed by atoms with Gasteiger partial charge in [0.25, 0.3) is 0 Å². The van der Waals surface area contributed by atoms with Gasteiger partial charge in [-0.1, -0.05) is 6.07 Å². The fourth-order valence-corrected chi connectivity index (χ4v) is 4.69. The number of hydrogen-bond donors (Lipinski definition) is 1. The standard InChI is InChI=1S/C23H26FN7O4S/c1-14(21(35-5)16-10-9-15(24)13-25-16)36(32)29-23-27-26-22(17-11-12-30(2)28-17)31(23)20-18(33-3)7-6-8-19(20)34-4/h6-14,21H,1-5H3,(H,27,29). The van der Waals surface area contributed by atoms with Crippen LogP contribution in [0.25, 0.3) is 17.2 Å². The van der Waals surface area contributed by atoms with E-state index in [4.69, 9.17) is 14.2 Å². The van der Waals surface area contributed by atoms with Crippen LogP contribution in [-0.4, -0.2) is 60.3 Å². The van der Waals surface area contributed by atoms with Crippen LogP contribution >= 0.6 is 0 Å². The molecular weight excluding hydrogens is 489 g/mol. The normalized spacial score (nSPS) is 13.7. The molecule has 4 aromatic rings. The molecule has 4 rings (SSSR count). The minimum Gasteiger partial charge on any atom is -0.494 e. The van der Waals surface area contributed by atoms with Crippen molar-refractivity contribution in [2.24, 2.45) is 7.05 Å². The first kappa shape index (κ1) is 25.3. The van der Waals surface area contributed by atoms with Crippen LogP contribution in [-0.2, 0) is 22.8 Å². The minimum absolute atomic E-state index is 0.172. The summed E-state index contributed by atoms with van der Waals surface area (Å²) in [4.78, 5) is 4.08. The Morgan fingerprint density at radius 1 is 1.06 bits per heavy atom. The van der Waals surface area contributed by atoms with E-state index < -0.39 is 28.2 Å². The van der Waals surface area contributed by atoms with Gasteiger partial charge in [-0.2, -0.15) is 5.10 Å². The molecule has 0 bridgehead atoms. The number of rotatable bonds is 10. The Balaban J connectivity index is 1.77. The molecule has 0 radical (unpaired) electrons. The molecule has 3 atom stereocenters. The number of aryl methyl sites for hydroxylation is 1. The number of ether oxygens (including phenoxy) is 3. The van der Waals surface area contributed by atoms with Gasteiger partial charge < -0.3 is 14.2 Å². The number of nitrogens with one attached hydrogen (secondary N) is 1. The third-order valence-electron chi connectivity index (χ3n) is 5.48. The second kappa shape index (κ2) is 10.8. The van der Waals surface area contributed by atoms with Crippen LogP contribution in [0.1, 0.15) is 18.7 Å². The number of halogens is 1. The molecule has 0 aliphatic carbocycles. The number of nitrogens with zero attached hydrogens (tertiary/aromatic N) is 6. The molecule has 0 saturated heterocycles. The van der Waals surface area contributed by atoms with Crippen LogP contribution in [0.4, 0.5) is 10.3 Å². The Kier molecular flexibility index (Phi) is 7.60. The fraction of sp³-hybridized carbons (Fsp3) is 0.304. The first-order chi connectivity index (χ1) is 17.4. The summed E-state index contributed by atoms with van der Waals surface area (Å²) in [7, 11) is 4.61. The number of methoxy groups -OCH3 is 3. The molecule has 3 unspecified atom stereocenters. The van der Waals surface area contributed by atoms with Crippen molar-refractivity contribution in [3.8, 4) is 28.7 Å². The van der Waals surface area contributed by atoms with Crippen LogP contribution in [0.2, 0.25) is 0 Å². The van der Waals surface area contributed by atoms with Crippen molar-refractivity contribution in [1.29, 1.82) is 0 Å². The largest absolute Gasteiger partial charge is 0.494 e. The maximum absolute atomic E-state index is 13.5. The number of pyridine rings is 1. The quantitative estimate of drug-likeness (QED) is 0.342. The first-order valence-electron chi connectivity index (χ1n) is 10.9. The molecule has 0 aliphatic rings. The molecule has 13 heteroatoms. The van der Waals surface area contributed by atoms with E-state index in [0.29, 0.717) is 34.4 Å². The fourth-order valence-electron chi connectivity index (χ4n) is 3.72. The highest BCUT2D eigenvalue weighted by molar-refractivity contribution is 7.87. The Bertz CT molecular complexity index is 1340. The molecule has 0 amide bonds. The summed E-state index contributed by atoms with van der Waals surface area (Å²) in [6, 6.07) is 9.89. The van der Waals surface area contributed by atoms with E-state index in [9.17, 15) is 8.60 Å². The van der Waals surface area contributed by atoms with Crippen molar-refractivity contribution in [3.05, 3.63) is 60.3 Å². The van der Waals surface area contributed by atoms with Crippen LogP contribution in [0.5, 0.6) is 11.5 Å². The minimum atomic E-state index is -1.73. The van der Waals surface area contributed by atoms with Gasteiger partial charge in [0.05, 0.1) is 31.4 Å². The van der Waals surface area contributed by atoms with Crippen molar-refractivity contribution < 1.29 is 22.8 Å². The number of benzene rings is 1. The Hall–Kier alpha value is -3.84. The monoisotopic (exact) mass is 515 g/mol. The first-order valence-corrected chi connectivity index (χ1v) is 12.1. The number of anilines is 1. The zero-order valence-electron chi connectivity index (χ0n) is 20.4. The van der Waals surface area contributed by atoms with Crippen LogP contribution in [0, 0.1) is 5.82 Å². The second-order valence-electron chi connectivity index (χ2n) is 7.73.